The molecule has 1 fully saturated rings. The van der Waals surface area contributed by atoms with Gasteiger partial charge in [0.1, 0.15) is 0 Å². The van der Waals surface area contributed by atoms with Gasteiger partial charge < -0.3 is 0 Å². The Balaban J connectivity index is 2.03. The molecule has 0 saturated carbocycles. The Kier molecular flexibility index (Phi) is 3.37. The largest absolute Gasteiger partial charge is 0.299 e. The highest BCUT2D eigenvalue weighted by atomic mass is 15.1. The SMILES string of the molecule is N#CC1=CC(CN2CCCC2)=CC=CC1. The van der Waals surface area contributed by atoms with Gasteiger partial charge in [-0.15, -0.1) is 0 Å². The average molecular weight is 200 g/mol. The Morgan fingerprint density at radius 3 is 2.87 bits per heavy atom. The van der Waals surface area contributed by atoms with Crippen LogP contribution in [0.25, 0.3) is 0 Å². The number of nitrogens with zero attached hydrogens (tertiary/aromatic N) is 2. The summed E-state index contributed by atoms with van der Waals surface area (Å²) in [4.78, 5) is 2.45. The number of rotatable bonds is 2. The molecular formula is C13H16N2. The van der Waals surface area contributed by atoms with Crippen molar-refractivity contribution in [2.24, 2.45) is 0 Å². The van der Waals surface area contributed by atoms with Gasteiger partial charge in [0.05, 0.1) is 6.07 Å². The Labute approximate surface area is 91.2 Å². The summed E-state index contributed by atoms with van der Waals surface area (Å²) >= 11 is 0. The highest BCUT2D eigenvalue weighted by Gasteiger charge is 2.12. The minimum absolute atomic E-state index is 0.774. The standard InChI is InChI=1S/C13H16N2/c14-10-12-5-1-2-6-13(9-12)11-15-7-3-4-8-15/h1-2,6,9H,3-5,7-8,11H2. The van der Waals surface area contributed by atoms with E-state index >= 15 is 0 Å². The maximum absolute atomic E-state index is 8.90. The number of allylic oxidation sites excluding steroid dienone is 4. The Morgan fingerprint density at radius 2 is 2.13 bits per heavy atom. The molecule has 78 valence electrons. The average Bonchev–Trinajstić information content (AvgIpc) is 2.64. The second-order valence-electron chi connectivity index (χ2n) is 4.14. The fourth-order valence-corrected chi connectivity index (χ4v) is 2.09. The molecule has 0 unspecified atom stereocenters. The van der Waals surface area contributed by atoms with Crippen LogP contribution in [0.2, 0.25) is 0 Å². The van der Waals surface area contributed by atoms with Gasteiger partial charge in [0.2, 0.25) is 0 Å². The van der Waals surface area contributed by atoms with Gasteiger partial charge in [0.25, 0.3) is 0 Å². The second-order valence-corrected chi connectivity index (χ2v) is 4.14. The van der Waals surface area contributed by atoms with E-state index in [1.54, 1.807) is 0 Å². The molecule has 2 rings (SSSR count). The molecule has 0 atom stereocenters. The lowest BCUT2D eigenvalue weighted by Gasteiger charge is -2.14. The number of nitriles is 1. The van der Waals surface area contributed by atoms with Crippen LogP contribution in [0.15, 0.2) is 35.5 Å². The van der Waals surface area contributed by atoms with E-state index in [-0.39, 0.29) is 0 Å². The highest BCUT2D eigenvalue weighted by Crippen LogP contribution is 2.15. The van der Waals surface area contributed by atoms with Crippen molar-refractivity contribution in [3.8, 4) is 6.07 Å². The van der Waals surface area contributed by atoms with Crippen molar-refractivity contribution in [1.82, 2.24) is 4.90 Å². The highest BCUT2D eigenvalue weighted by molar-refractivity contribution is 5.38. The van der Waals surface area contributed by atoms with Crippen LogP contribution in [0.4, 0.5) is 0 Å². The summed E-state index contributed by atoms with van der Waals surface area (Å²) in [6.07, 6.45) is 11.7. The monoisotopic (exact) mass is 200 g/mol. The predicted octanol–water partition coefficient (Wildman–Crippen LogP) is 2.42. The topological polar surface area (TPSA) is 27.0 Å². The summed E-state index contributed by atoms with van der Waals surface area (Å²) in [6.45, 7) is 3.41. The van der Waals surface area contributed by atoms with Crippen LogP contribution in [-0.4, -0.2) is 24.5 Å². The fraction of sp³-hybridized carbons (Fsp3) is 0.462. The number of hydrogen-bond acceptors (Lipinski definition) is 2. The van der Waals surface area contributed by atoms with Gasteiger partial charge in [-0.3, -0.25) is 4.90 Å². The summed E-state index contributed by atoms with van der Waals surface area (Å²) in [7, 11) is 0. The summed E-state index contributed by atoms with van der Waals surface area (Å²) in [6, 6.07) is 2.25. The lowest BCUT2D eigenvalue weighted by molar-refractivity contribution is 0.371. The van der Waals surface area contributed by atoms with Crippen LogP contribution >= 0.6 is 0 Å². The van der Waals surface area contributed by atoms with Gasteiger partial charge in [-0.05, 0) is 37.6 Å². The molecule has 2 aliphatic rings. The lowest BCUT2D eigenvalue weighted by atomic mass is 10.1. The van der Waals surface area contributed by atoms with E-state index in [1.807, 2.05) is 12.2 Å². The van der Waals surface area contributed by atoms with Crippen molar-refractivity contribution in [3.05, 3.63) is 35.5 Å². The van der Waals surface area contributed by atoms with Crippen LogP contribution in [0.3, 0.4) is 0 Å². The van der Waals surface area contributed by atoms with Gasteiger partial charge in [-0.1, -0.05) is 18.2 Å². The van der Waals surface area contributed by atoms with Crippen LogP contribution in [0.5, 0.6) is 0 Å². The molecular weight excluding hydrogens is 184 g/mol. The van der Waals surface area contributed by atoms with E-state index in [0.29, 0.717) is 0 Å². The maximum Gasteiger partial charge on any atom is 0.0950 e. The molecule has 2 heteroatoms. The number of hydrogen-bond donors (Lipinski definition) is 0. The van der Waals surface area contributed by atoms with E-state index in [2.05, 4.69) is 23.1 Å². The molecule has 0 aromatic carbocycles. The molecule has 0 spiro atoms. The first kappa shape index (κ1) is 10.2. The molecule has 0 aromatic heterocycles. The molecule has 1 heterocycles. The zero-order chi connectivity index (χ0) is 10.5. The van der Waals surface area contributed by atoms with Gasteiger partial charge in [0, 0.05) is 18.5 Å². The lowest BCUT2D eigenvalue weighted by Crippen LogP contribution is -2.21. The first-order chi connectivity index (χ1) is 7.38. The zero-order valence-electron chi connectivity index (χ0n) is 8.95. The Morgan fingerprint density at radius 1 is 1.33 bits per heavy atom. The maximum atomic E-state index is 8.90. The van der Waals surface area contributed by atoms with Crippen molar-refractivity contribution in [2.45, 2.75) is 19.3 Å². The zero-order valence-corrected chi connectivity index (χ0v) is 8.95. The van der Waals surface area contributed by atoms with E-state index in [0.717, 1.165) is 18.5 Å². The first-order valence-corrected chi connectivity index (χ1v) is 5.57. The van der Waals surface area contributed by atoms with Crippen molar-refractivity contribution < 1.29 is 0 Å². The van der Waals surface area contributed by atoms with E-state index in [1.165, 1.54) is 31.5 Å². The molecule has 0 radical (unpaired) electrons. The summed E-state index contributed by atoms with van der Waals surface area (Å²) < 4.78 is 0. The third kappa shape index (κ3) is 2.81. The molecule has 2 nitrogen and oxygen atoms in total. The first-order valence-electron chi connectivity index (χ1n) is 5.57. The third-order valence-electron chi connectivity index (χ3n) is 2.89. The van der Waals surface area contributed by atoms with Gasteiger partial charge in [-0.25, -0.2) is 0 Å². The van der Waals surface area contributed by atoms with E-state index < -0.39 is 0 Å². The minimum Gasteiger partial charge on any atom is -0.299 e. The van der Waals surface area contributed by atoms with Gasteiger partial charge in [-0.2, -0.15) is 5.26 Å². The second kappa shape index (κ2) is 4.95. The number of likely N-dealkylation sites (tertiary alicyclic amines) is 1. The predicted molar refractivity (Wildman–Crippen MR) is 61.2 cm³/mol. The molecule has 0 N–H and O–H groups in total. The fourth-order valence-electron chi connectivity index (χ4n) is 2.09. The molecule has 0 amide bonds. The molecule has 0 aromatic rings. The summed E-state index contributed by atoms with van der Waals surface area (Å²) in [5.41, 5.74) is 2.14. The Bertz CT molecular complexity index is 349. The molecule has 1 aliphatic carbocycles. The molecule has 0 bridgehead atoms. The van der Waals surface area contributed by atoms with Gasteiger partial charge in [0.15, 0.2) is 0 Å². The van der Waals surface area contributed by atoms with Crippen molar-refractivity contribution >= 4 is 0 Å². The quantitative estimate of drug-likeness (QED) is 0.684. The molecule has 1 aliphatic heterocycles. The smallest absolute Gasteiger partial charge is 0.0950 e. The van der Waals surface area contributed by atoms with Crippen molar-refractivity contribution in [3.63, 3.8) is 0 Å². The van der Waals surface area contributed by atoms with Crippen LogP contribution in [0, 0.1) is 11.3 Å². The van der Waals surface area contributed by atoms with Crippen molar-refractivity contribution in [2.75, 3.05) is 19.6 Å². The van der Waals surface area contributed by atoms with Crippen LogP contribution < -0.4 is 0 Å². The van der Waals surface area contributed by atoms with Crippen LogP contribution in [-0.2, 0) is 0 Å². The van der Waals surface area contributed by atoms with Gasteiger partial charge >= 0.3 is 0 Å². The van der Waals surface area contributed by atoms with Crippen LogP contribution in [0.1, 0.15) is 19.3 Å². The van der Waals surface area contributed by atoms with E-state index in [4.69, 9.17) is 5.26 Å². The van der Waals surface area contributed by atoms with Crippen molar-refractivity contribution in [1.29, 1.82) is 5.26 Å². The molecule has 1 saturated heterocycles. The summed E-state index contributed by atoms with van der Waals surface area (Å²) in [5, 5.41) is 8.90. The molecule has 15 heavy (non-hydrogen) atoms. The third-order valence-corrected chi connectivity index (χ3v) is 2.89. The summed E-state index contributed by atoms with van der Waals surface area (Å²) in [5.74, 6) is 0. The minimum atomic E-state index is 0.774. The normalized spacial score (nSPS) is 21.8. The Hall–Kier alpha value is -1.33. The van der Waals surface area contributed by atoms with E-state index in [9.17, 15) is 0 Å².